The Morgan fingerprint density at radius 2 is 2.23 bits per heavy atom. The smallest absolute Gasteiger partial charge is 0.315 e. The molecule has 0 atom stereocenters. The Hall–Kier alpha value is -1.89. The third kappa shape index (κ3) is 3.85. The molecule has 2 aromatic heterocycles. The second-order valence-corrected chi connectivity index (χ2v) is 6.47. The van der Waals surface area contributed by atoms with Crippen molar-refractivity contribution in [2.45, 2.75) is 45.2 Å². The van der Waals surface area contributed by atoms with Crippen LogP contribution in [0.5, 0.6) is 0 Å². The van der Waals surface area contributed by atoms with Crippen LogP contribution in [0.2, 0.25) is 0 Å². The molecule has 0 saturated heterocycles. The molecule has 2 amide bonds. The van der Waals surface area contributed by atoms with Crippen molar-refractivity contribution in [2.24, 2.45) is 0 Å². The minimum Gasteiger partial charge on any atom is -0.338 e. The first kappa shape index (κ1) is 15.0. The monoisotopic (exact) mass is 319 g/mol. The Balaban J connectivity index is 1.44. The van der Waals surface area contributed by atoms with Crippen molar-refractivity contribution in [2.75, 3.05) is 6.54 Å². The van der Waals surface area contributed by atoms with Gasteiger partial charge in [0.2, 0.25) is 0 Å². The number of carbonyl (C=O) groups is 1. The standard InChI is InChI=1S/C15H21N5OS/c21-15(16-8-7-12-5-4-10-22-12)17-11-14-19-18-13-6-2-1-3-9-20(13)14/h4-5,10H,1-3,6-9,11H2,(H2,16,17,21). The van der Waals surface area contributed by atoms with Crippen LogP contribution >= 0.6 is 11.3 Å². The van der Waals surface area contributed by atoms with Gasteiger partial charge >= 0.3 is 6.03 Å². The maximum Gasteiger partial charge on any atom is 0.315 e. The number of fused-ring (bicyclic) bond motifs is 1. The van der Waals surface area contributed by atoms with E-state index in [4.69, 9.17) is 0 Å². The molecule has 0 spiro atoms. The Kier molecular flexibility index (Phi) is 5.05. The van der Waals surface area contributed by atoms with Crippen molar-refractivity contribution in [1.29, 1.82) is 0 Å². The molecule has 0 radical (unpaired) electrons. The first-order valence-corrected chi connectivity index (χ1v) is 8.66. The van der Waals surface area contributed by atoms with E-state index >= 15 is 0 Å². The highest BCUT2D eigenvalue weighted by Gasteiger charge is 2.14. The lowest BCUT2D eigenvalue weighted by Crippen LogP contribution is -2.36. The number of thiophene rings is 1. The predicted octanol–water partition coefficient (Wildman–Crippen LogP) is 2.11. The Morgan fingerprint density at radius 3 is 3.09 bits per heavy atom. The van der Waals surface area contributed by atoms with E-state index in [1.807, 2.05) is 11.4 Å². The van der Waals surface area contributed by atoms with E-state index in [1.165, 1.54) is 17.7 Å². The molecule has 6 nitrogen and oxygen atoms in total. The van der Waals surface area contributed by atoms with E-state index in [0.29, 0.717) is 13.1 Å². The summed E-state index contributed by atoms with van der Waals surface area (Å²) in [5.74, 6) is 1.90. The van der Waals surface area contributed by atoms with Crippen LogP contribution in [0.4, 0.5) is 4.79 Å². The van der Waals surface area contributed by atoms with Gasteiger partial charge in [-0.3, -0.25) is 0 Å². The fourth-order valence-corrected chi connectivity index (χ4v) is 3.36. The molecule has 2 aromatic rings. The van der Waals surface area contributed by atoms with Crippen LogP contribution in [0.3, 0.4) is 0 Å². The molecule has 1 aliphatic rings. The summed E-state index contributed by atoms with van der Waals surface area (Å²) in [7, 11) is 0. The molecule has 2 N–H and O–H groups in total. The van der Waals surface area contributed by atoms with Crippen LogP contribution < -0.4 is 10.6 Å². The van der Waals surface area contributed by atoms with Crippen molar-refractivity contribution in [1.82, 2.24) is 25.4 Å². The number of carbonyl (C=O) groups excluding carboxylic acids is 1. The molecule has 0 unspecified atom stereocenters. The summed E-state index contributed by atoms with van der Waals surface area (Å²) in [5.41, 5.74) is 0. The van der Waals surface area contributed by atoms with Gasteiger partial charge in [-0.25, -0.2) is 4.79 Å². The molecule has 118 valence electrons. The first-order valence-electron chi connectivity index (χ1n) is 7.78. The molecule has 22 heavy (non-hydrogen) atoms. The van der Waals surface area contributed by atoms with Crippen molar-refractivity contribution >= 4 is 17.4 Å². The lowest BCUT2D eigenvalue weighted by atomic mass is 10.2. The van der Waals surface area contributed by atoms with Gasteiger partial charge in [0.1, 0.15) is 5.82 Å². The summed E-state index contributed by atoms with van der Waals surface area (Å²) in [6.07, 6.45) is 5.42. The van der Waals surface area contributed by atoms with Crippen LogP contribution in [-0.4, -0.2) is 27.3 Å². The van der Waals surface area contributed by atoms with Gasteiger partial charge in [-0.15, -0.1) is 21.5 Å². The van der Waals surface area contributed by atoms with E-state index in [2.05, 4.69) is 31.5 Å². The number of aromatic nitrogens is 3. The number of amides is 2. The van der Waals surface area contributed by atoms with Crippen molar-refractivity contribution in [3.8, 4) is 0 Å². The summed E-state index contributed by atoms with van der Waals surface area (Å²) in [5, 5.41) is 16.2. The third-order valence-electron chi connectivity index (χ3n) is 3.83. The molecule has 3 heterocycles. The minimum absolute atomic E-state index is 0.150. The zero-order valence-electron chi connectivity index (χ0n) is 12.5. The van der Waals surface area contributed by atoms with Crippen molar-refractivity contribution in [3.05, 3.63) is 34.0 Å². The van der Waals surface area contributed by atoms with Crippen LogP contribution in [0, 0.1) is 0 Å². The summed E-state index contributed by atoms with van der Waals surface area (Å²) in [6.45, 7) is 2.03. The molecule has 0 aliphatic carbocycles. The van der Waals surface area contributed by atoms with Gasteiger partial charge < -0.3 is 15.2 Å². The number of rotatable bonds is 5. The van der Waals surface area contributed by atoms with E-state index in [9.17, 15) is 4.79 Å². The molecule has 1 aliphatic heterocycles. The van der Waals surface area contributed by atoms with Crippen molar-refractivity contribution < 1.29 is 4.79 Å². The number of urea groups is 1. The fraction of sp³-hybridized carbons (Fsp3) is 0.533. The van der Waals surface area contributed by atoms with Gasteiger partial charge in [0, 0.05) is 24.4 Å². The van der Waals surface area contributed by atoms with Gasteiger partial charge in [0.15, 0.2) is 5.82 Å². The second kappa shape index (κ2) is 7.40. The van der Waals surface area contributed by atoms with Gasteiger partial charge in [0.05, 0.1) is 6.54 Å². The van der Waals surface area contributed by atoms with Crippen LogP contribution in [0.15, 0.2) is 17.5 Å². The SMILES string of the molecule is O=C(NCCc1cccs1)NCc1nnc2n1CCCCC2. The highest BCUT2D eigenvalue weighted by Crippen LogP contribution is 2.14. The highest BCUT2D eigenvalue weighted by atomic mass is 32.1. The zero-order valence-corrected chi connectivity index (χ0v) is 13.4. The Labute approximate surface area is 133 Å². The molecular formula is C15H21N5OS. The van der Waals surface area contributed by atoms with E-state index in [1.54, 1.807) is 11.3 Å². The van der Waals surface area contributed by atoms with E-state index in [-0.39, 0.29) is 6.03 Å². The Bertz CT molecular complexity index is 607. The minimum atomic E-state index is -0.150. The van der Waals surface area contributed by atoms with Crippen LogP contribution in [-0.2, 0) is 25.9 Å². The Morgan fingerprint density at radius 1 is 1.27 bits per heavy atom. The largest absolute Gasteiger partial charge is 0.338 e. The molecule has 0 aromatic carbocycles. The van der Waals surface area contributed by atoms with E-state index < -0.39 is 0 Å². The third-order valence-corrected chi connectivity index (χ3v) is 4.77. The number of nitrogens with zero attached hydrogens (tertiary/aromatic N) is 3. The average Bonchev–Trinajstić information content (AvgIpc) is 3.10. The van der Waals surface area contributed by atoms with Gasteiger partial charge in [-0.1, -0.05) is 12.5 Å². The van der Waals surface area contributed by atoms with Gasteiger partial charge in [0.25, 0.3) is 0 Å². The summed E-state index contributed by atoms with van der Waals surface area (Å²) >= 11 is 1.71. The predicted molar refractivity (Wildman–Crippen MR) is 85.8 cm³/mol. The lowest BCUT2D eigenvalue weighted by Gasteiger charge is -2.09. The second-order valence-electron chi connectivity index (χ2n) is 5.43. The average molecular weight is 319 g/mol. The maximum atomic E-state index is 11.8. The molecule has 0 saturated carbocycles. The van der Waals surface area contributed by atoms with Crippen LogP contribution in [0.25, 0.3) is 0 Å². The normalized spacial score (nSPS) is 14.2. The molecular weight excluding hydrogens is 298 g/mol. The van der Waals surface area contributed by atoms with Crippen LogP contribution in [0.1, 0.15) is 35.8 Å². The molecule has 3 rings (SSSR count). The summed E-state index contributed by atoms with van der Waals surface area (Å²) in [4.78, 5) is 13.1. The summed E-state index contributed by atoms with van der Waals surface area (Å²) < 4.78 is 2.15. The maximum absolute atomic E-state index is 11.8. The number of hydrogen-bond acceptors (Lipinski definition) is 4. The lowest BCUT2D eigenvalue weighted by molar-refractivity contribution is 0.240. The van der Waals surface area contributed by atoms with Gasteiger partial charge in [-0.05, 0) is 30.7 Å². The topological polar surface area (TPSA) is 71.8 Å². The molecule has 7 heteroatoms. The first-order chi connectivity index (χ1) is 10.8. The number of nitrogens with one attached hydrogen (secondary N) is 2. The van der Waals surface area contributed by atoms with E-state index in [0.717, 1.165) is 37.5 Å². The highest BCUT2D eigenvalue weighted by molar-refractivity contribution is 7.09. The quantitative estimate of drug-likeness (QED) is 0.886. The zero-order chi connectivity index (χ0) is 15.2. The van der Waals surface area contributed by atoms with Crippen molar-refractivity contribution in [3.63, 3.8) is 0 Å². The summed E-state index contributed by atoms with van der Waals surface area (Å²) in [6, 6.07) is 3.95. The number of hydrogen-bond donors (Lipinski definition) is 2. The molecule has 0 bridgehead atoms. The fourth-order valence-electron chi connectivity index (χ4n) is 2.65. The van der Waals surface area contributed by atoms with Gasteiger partial charge in [-0.2, -0.15) is 0 Å². The molecule has 0 fully saturated rings. The number of aryl methyl sites for hydroxylation is 1.